The van der Waals surface area contributed by atoms with E-state index in [1.54, 1.807) is 17.2 Å². The van der Waals surface area contributed by atoms with Crippen LogP contribution in [-0.2, 0) is 13.1 Å². The number of aromatic nitrogens is 1. The molecular formula is C24H25N5O3. The van der Waals surface area contributed by atoms with Gasteiger partial charge in [0.1, 0.15) is 5.69 Å². The standard InChI is InChI=1S/C24H25N5O3/c1-15-19(18-11-21(22(30)26-12-18)28(3)23(31)25-2)9-6-10-20(15)27-24(32)29-13-16-7-4-5-8-17(16)14-29/h4-12H,13-14H2,1-3H3,(H,25,31)(H,26,30)(H,27,32). The van der Waals surface area contributed by atoms with Crippen LogP contribution in [0.4, 0.5) is 21.0 Å². The first-order chi connectivity index (χ1) is 15.4. The lowest BCUT2D eigenvalue weighted by atomic mass is 10.00. The molecule has 0 fully saturated rings. The highest BCUT2D eigenvalue weighted by Gasteiger charge is 2.23. The molecule has 0 aliphatic carbocycles. The zero-order valence-electron chi connectivity index (χ0n) is 18.2. The third-order valence-electron chi connectivity index (χ3n) is 5.78. The molecule has 3 N–H and O–H groups in total. The van der Waals surface area contributed by atoms with Crippen molar-refractivity contribution < 1.29 is 9.59 Å². The molecule has 0 bridgehead atoms. The number of urea groups is 2. The number of hydrogen-bond donors (Lipinski definition) is 3. The molecule has 4 amide bonds. The highest BCUT2D eigenvalue weighted by Crippen LogP contribution is 2.30. The molecule has 164 valence electrons. The van der Waals surface area contributed by atoms with E-state index in [0.29, 0.717) is 18.8 Å². The Morgan fingerprint density at radius 3 is 2.41 bits per heavy atom. The Balaban J connectivity index is 1.59. The minimum absolute atomic E-state index is 0.164. The number of nitrogens with zero attached hydrogens (tertiary/aromatic N) is 2. The number of carbonyl (C=O) groups excluding carboxylic acids is 2. The summed E-state index contributed by atoms with van der Waals surface area (Å²) >= 11 is 0. The van der Waals surface area contributed by atoms with Gasteiger partial charge in [-0.15, -0.1) is 0 Å². The van der Waals surface area contributed by atoms with Gasteiger partial charge in [0.05, 0.1) is 0 Å². The van der Waals surface area contributed by atoms with E-state index < -0.39 is 6.03 Å². The fraction of sp³-hybridized carbons (Fsp3) is 0.208. The van der Waals surface area contributed by atoms with Gasteiger partial charge in [0.2, 0.25) is 0 Å². The largest absolute Gasteiger partial charge is 0.341 e. The van der Waals surface area contributed by atoms with E-state index in [2.05, 4.69) is 15.6 Å². The summed E-state index contributed by atoms with van der Waals surface area (Å²) in [6.07, 6.45) is 1.61. The lowest BCUT2D eigenvalue weighted by molar-refractivity contribution is 0.212. The van der Waals surface area contributed by atoms with Crippen molar-refractivity contribution in [3.8, 4) is 11.1 Å². The van der Waals surface area contributed by atoms with Crippen LogP contribution in [-0.4, -0.2) is 36.0 Å². The van der Waals surface area contributed by atoms with Crippen LogP contribution >= 0.6 is 0 Å². The number of H-pyrrole nitrogens is 1. The van der Waals surface area contributed by atoms with Gasteiger partial charge in [-0.3, -0.25) is 9.69 Å². The minimum atomic E-state index is -0.392. The fourth-order valence-corrected chi connectivity index (χ4v) is 3.91. The SMILES string of the molecule is CNC(=O)N(C)c1cc(-c2cccc(NC(=O)N3Cc4ccccc4C3)c2C)c[nH]c1=O. The van der Waals surface area contributed by atoms with Crippen LogP contribution < -0.4 is 21.1 Å². The molecule has 0 radical (unpaired) electrons. The molecule has 0 unspecified atom stereocenters. The predicted molar refractivity (Wildman–Crippen MR) is 125 cm³/mol. The first kappa shape index (κ1) is 21.2. The van der Waals surface area contributed by atoms with Gasteiger partial charge in [0, 0.05) is 44.6 Å². The van der Waals surface area contributed by atoms with Crippen molar-refractivity contribution in [1.29, 1.82) is 0 Å². The Morgan fingerprint density at radius 2 is 1.75 bits per heavy atom. The zero-order valence-corrected chi connectivity index (χ0v) is 18.2. The molecule has 1 aliphatic rings. The Morgan fingerprint density at radius 1 is 1.06 bits per heavy atom. The summed E-state index contributed by atoms with van der Waals surface area (Å²) in [5, 5.41) is 5.52. The molecule has 2 aromatic carbocycles. The summed E-state index contributed by atoms with van der Waals surface area (Å²) in [6.45, 7) is 3.07. The van der Waals surface area contributed by atoms with E-state index in [9.17, 15) is 14.4 Å². The first-order valence-electron chi connectivity index (χ1n) is 10.3. The average Bonchev–Trinajstić information content (AvgIpc) is 3.24. The summed E-state index contributed by atoms with van der Waals surface area (Å²) in [6, 6.07) is 14.8. The van der Waals surface area contributed by atoms with Crippen LogP contribution in [0.3, 0.4) is 0 Å². The van der Waals surface area contributed by atoms with Crippen molar-refractivity contribution in [1.82, 2.24) is 15.2 Å². The van der Waals surface area contributed by atoms with E-state index in [1.165, 1.54) is 19.0 Å². The van der Waals surface area contributed by atoms with E-state index in [1.807, 2.05) is 49.4 Å². The van der Waals surface area contributed by atoms with Gasteiger partial charge in [-0.05, 0) is 41.3 Å². The molecule has 1 aliphatic heterocycles. The van der Waals surface area contributed by atoms with Gasteiger partial charge in [-0.25, -0.2) is 9.59 Å². The fourth-order valence-electron chi connectivity index (χ4n) is 3.91. The second kappa shape index (κ2) is 8.58. The van der Waals surface area contributed by atoms with E-state index >= 15 is 0 Å². The Bertz CT molecular complexity index is 1230. The smallest absolute Gasteiger partial charge is 0.322 e. The van der Waals surface area contributed by atoms with Crippen LogP contribution in [0, 0.1) is 6.92 Å². The van der Waals surface area contributed by atoms with Gasteiger partial charge < -0.3 is 20.5 Å². The zero-order chi connectivity index (χ0) is 22.8. The molecule has 8 nitrogen and oxygen atoms in total. The summed E-state index contributed by atoms with van der Waals surface area (Å²) in [5.41, 5.74) is 5.31. The maximum Gasteiger partial charge on any atom is 0.322 e. The number of pyridine rings is 1. The van der Waals surface area contributed by atoms with Gasteiger partial charge in [-0.1, -0.05) is 36.4 Å². The molecule has 2 heterocycles. The second-order valence-corrected chi connectivity index (χ2v) is 7.75. The topological polar surface area (TPSA) is 97.5 Å². The van der Waals surface area contributed by atoms with Gasteiger partial charge in [0.15, 0.2) is 0 Å². The van der Waals surface area contributed by atoms with E-state index in [4.69, 9.17) is 0 Å². The Hall–Kier alpha value is -4.07. The maximum atomic E-state index is 12.9. The quantitative estimate of drug-likeness (QED) is 0.590. The average molecular weight is 431 g/mol. The molecule has 3 aromatic rings. The summed E-state index contributed by atoms with van der Waals surface area (Å²) in [7, 11) is 3.04. The molecule has 0 saturated heterocycles. The number of benzene rings is 2. The Labute approximate surface area is 185 Å². The highest BCUT2D eigenvalue weighted by molar-refractivity contribution is 5.93. The molecule has 0 atom stereocenters. The molecule has 4 rings (SSSR count). The van der Waals surface area contributed by atoms with Gasteiger partial charge >= 0.3 is 12.1 Å². The molecule has 1 aromatic heterocycles. The van der Waals surface area contributed by atoms with Crippen molar-refractivity contribution >= 4 is 23.4 Å². The van der Waals surface area contributed by atoms with Gasteiger partial charge in [-0.2, -0.15) is 0 Å². The normalized spacial score (nSPS) is 12.3. The van der Waals surface area contributed by atoms with Crippen LogP contribution in [0.15, 0.2) is 59.5 Å². The lowest BCUT2D eigenvalue weighted by Crippen LogP contribution is -2.37. The van der Waals surface area contributed by atoms with Crippen molar-refractivity contribution in [3.63, 3.8) is 0 Å². The van der Waals surface area contributed by atoms with Crippen molar-refractivity contribution in [2.45, 2.75) is 20.0 Å². The second-order valence-electron chi connectivity index (χ2n) is 7.75. The maximum absolute atomic E-state index is 12.9. The Kier molecular flexibility index (Phi) is 5.68. The summed E-state index contributed by atoms with van der Waals surface area (Å²) < 4.78 is 0. The first-order valence-corrected chi connectivity index (χ1v) is 10.3. The van der Waals surface area contributed by atoms with Crippen LogP contribution in [0.25, 0.3) is 11.1 Å². The molecule has 0 saturated carbocycles. The number of hydrogen-bond acceptors (Lipinski definition) is 3. The van der Waals surface area contributed by atoms with E-state index in [0.717, 1.165) is 27.8 Å². The van der Waals surface area contributed by atoms with Crippen LogP contribution in [0.5, 0.6) is 0 Å². The molecular weight excluding hydrogens is 406 g/mol. The number of carbonyl (C=O) groups is 2. The minimum Gasteiger partial charge on any atom is -0.341 e. The van der Waals surface area contributed by atoms with E-state index in [-0.39, 0.29) is 17.3 Å². The van der Waals surface area contributed by atoms with Gasteiger partial charge in [0.25, 0.3) is 5.56 Å². The predicted octanol–water partition coefficient (Wildman–Crippen LogP) is 3.67. The number of nitrogens with one attached hydrogen (secondary N) is 3. The molecule has 8 heteroatoms. The number of fused-ring (bicyclic) bond motifs is 1. The van der Waals surface area contributed by atoms with Crippen molar-refractivity contribution in [2.75, 3.05) is 24.3 Å². The third kappa shape index (κ3) is 3.94. The lowest BCUT2D eigenvalue weighted by Gasteiger charge is -2.19. The number of anilines is 2. The molecule has 32 heavy (non-hydrogen) atoms. The number of rotatable bonds is 3. The number of aromatic amines is 1. The van der Waals surface area contributed by atoms with Crippen LogP contribution in [0.1, 0.15) is 16.7 Å². The third-order valence-corrected chi connectivity index (χ3v) is 5.78. The summed E-state index contributed by atoms with van der Waals surface area (Å²) in [4.78, 5) is 42.9. The van der Waals surface area contributed by atoms with Crippen LogP contribution in [0.2, 0.25) is 0 Å². The number of amides is 4. The highest BCUT2D eigenvalue weighted by atomic mass is 16.2. The molecule has 0 spiro atoms. The monoisotopic (exact) mass is 431 g/mol. The van der Waals surface area contributed by atoms with Crippen molar-refractivity contribution in [3.05, 3.63) is 81.8 Å². The van der Waals surface area contributed by atoms with Crippen molar-refractivity contribution in [2.24, 2.45) is 0 Å². The summed E-state index contributed by atoms with van der Waals surface area (Å²) in [5.74, 6) is 0.